The summed E-state index contributed by atoms with van der Waals surface area (Å²) in [5.74, 6) is 0.863. The van der Waals surface area contributed by atoms with E-state index in [1.807, 2.05) is 36.7 Å². The molecule has 0 saturated heterocycles. The molecular formula is C10H12N4. The van der Waals surface area contributed by atoms with Crippen molar-refractivity contribution >= 4 is 5.69 Å². The van der Waals surface area contributed by atoms with E-state index in [1.165, 1.54) is 0 Å². The van der Waals surface area contributed by atoms with Crippen LogP contribution in [-0.2, 0) is 7.05 Å². The Labute approximate surface area is 82.4 Å². The van der Waals surface area contributed by atoms with E-state index < -0.39 is 0 Å². The monoisotopic (exact) mass is 188 g/mol. The van der Waals surface area contributed by atoms with E-state index in [9.17, 15) is 0 Å². The highest BCUT2D eigenvalue weighted by Gasteiger charge is 2.06. The van der Waals surface area contributed by atoms with Gasteiger partial charge in [0.2, 0.25) is 0 Å². The summed E-state index contributed by atoms with van der Waals surface area (Å²) in [5.41, 5.74) is 8.63. The highest BCUT2D eigenvalue weighted by molar-refractivity contribution is 5.63. The van der Waals surface area contributed by atoms with Gasteiger partial charge in [-0.05, 0) is 30.7 Å². The number of nitrogens with zero attached hydrogens (tertiary/aromatic N) is 3. The minimum atomic E-state index is 0.772. The summed E-state index contributed by atoms with van der Waals surface area (Å²) in [6, 6.07) is 5.77. The van der Waals surface area contributed by atoms with Crippen molar-refractivity contribution in [1.29, 1.82) is 0 Å². The maximum Gasteiger partial charge on any atom is 0.163 e. The van der Waals surface area contributed by atoms with Crippen LogP contribution in [0.2, 0.25) is 0 Å². The summed E-state index contributed by atoms with van der Waals surface area (Å²) < 4.78 is 1.89. The van der Waals surface area contributed by atoms with Crippen LogP contribution in [0, 0.1) is 6.92 Å². The van der Waals surface area contributed by atoms with E-state index in [0.717, 1.165) is 22.6 Å². The lowest BCUT2D eigenvalue weighted by Crippen LogP contribution is -1.94. The third kappa shape index (κ3) is 1.35. The first-order valence-corrected chi connectivity index (χ1v) is 4.39. The van der Waals surface area contributed by atoms with Gasteiger partial charge in [0.15, 0.2) is 5.82 Å². The van der Waals surface area contributed by atoms with Gasteiger partial charge in [-0.25, -0.2) is 0 Å². The second kappa shape index (κ2) is 3.14. The largest absolute Gasteiger partial charge is 0.399 e. The number of benzene rings is 1. The minimum absolute atomic E-state index is 0.772. The molecule has 4 nitrogen and oxygen atoms in total. The molecule has 0 amide bonds. The topological polar surface area (TPSA) is 56.7 Å². The molecule has 1 aromatic carbocycles. The van der Waals surface area contributed by atoms with E-state index >= 15 is 0 Å². The average Bonchev–Trinajstić information content (AvgIpc) is 2.52. The van der Waals surface area contributed by atoms with Gasteiger partial charge >= 0.3 is 0 Å². The van der Waals surface area contributed by atoms with E-state index in [0.29, 0.717) is 0 Å². The first-order valence-electron chi connectivity index (χ1n) is 4.39. The van der Waals surface area contributed by atoms with Crippen LogP contribution in [0.15, 0.2) is 24.5 Å². The predicted molar refractivity (Wildman–Crippen MR) is 55.6 cm³/mol. The fourth-order valence-corrected chi connectivity index (χ4v) is 1.46. The SMILES string of the molecule is Cc1cc(N)ccc1-c1nncn1C. The predicted octanol–water partition coefficient (Wildman–Crippen LogP) is 1.37. The lowest BCUT2D eigenvalue weighted by atomic mass is 10.1. The van der Waals surface area contributed by atoms with Crippen molar-refractivity contribution in [3.8, 4) is 11.4 Å². The third-order valence-electron chi connectivity index (χ3n) is 2.20. The van der Waals surface area contributed by atoms with Gasteiger partial charge in [0, 0.05) is 18.3 Å². The molecule has 0 aliphatic heterocycles. The van der Waals surface area contributed by atoms with Crippen LogP contribution < -0.4 is 5.73 Å². The fraction of sp³-hybridized carbons (Fsp3) is 0.200. The van der Waals surface area contributed by atoms with E-state index in [1.54, 1.807) is 6.33 Å². The van der Waals surface area contributed by atoms with Crippen LogP contribution in [0.5, 0.6) is 0 Å². The quantitative estimate of drug-likeness (QED) is 0.688. The zero-order valence-electron chi connectivity index (χ0n) is 8.23. The van der Waals surface area contributed by atoms with Crippen molar-refractivity contribution in [1.82, 2.24) is 14.8 Å². The Morgan fingerprint density at radius 3 is 2.71 bits per heavy atom. The van der Waals surface area contributed by atoms with E-state index in [4.69, 9.17) is 5.73 Å². The Morgan fingerprint density at radius 1 is 1.36 bits per heavy atom. The second-order valence-electron chi connectivity index (χ2n) is 3.34. The number of nitrogens with two attached hydrogens (primary N) is 1. The number of hydrogen-bond donors (Lipinski definition) is 1. The molecule has 2 rings (SSSR count). The fourth-order valence-electron chi connectivity index (χ4n) is 1.46. The van der Waals surface area contributed by atoms with Gasteiger partial charge in [0.05, 0.1) is 0 Å². The van der Waals surface area contributed by atoms with Gasteiger partial charge in [-0.3, -0.25) is 0 Å². The Bertz CT molecular complexity index is 459. The molecular weight excluding hydrogens is 176 g/mol. The molecule has 72 valence electrons. The van der Waals surface area contributed by atoms with Crippen molar-refractivity contribution in [2.45, 2.75) is 6.92 Å². The maximum absolute atomic E-state index is 5.68. The van der Waals surface area contributed by atoms with Gasteiger partial charge in [0.1, 0.15) is 6.33 Å². The third-order valence-corrected chi connectivity index (χ3v) is 2.20. The van der Waals surface area contributed by atoms with E-state index in [2.05, 4.69) is 10.2 Å². The van der Waals surface area contributed by atoms with Crippen LogP contribution in [0.25, 0.3) is 11.4 Å². The van der Waals surface area contributed by atoms with Crippen molar-refractivity contribution in [2.24, 2.45) is 7.05 Å². The molecule has 0 saturated carbocycles. The second-order valence-corrected chi connectivity index (χ2v) is 3.34. The first kappa shape index (κ1) is 8.74. The number of nitrogen functional groups attached to an aromatic ring is 1. The molecule has 0 unspecified atom stereocenters. The van der Waals surface area contributed by atoms with Crippen molar-refractivity contribution in [3.05, 3.63) is 30.1 Å². The maximum atomic E-state index is 5.68. The molecule has 0 radical (unpaired) electrons. The van der Waals surface area contributed by atoms with Gasteiger partial charge in [-0.2, -0.15) is 0 Å². The van der Waals surface area contributed by atoms with Crippen LogP contribution in [-0.4, -0.2) is 14.8 Å². The van der Waals surface area contributed by atoms with Crippen molar-refractivity contribution in [2.75, 3.05) is 5.73 Å². The molecule has 1 aromatic heterocycles. The van der Waals surface area contributed by atoms with Crippen molar-refractivity contribution < 1.29 is 0 Å². The lowest BCUT2D eigenvalue weighted by molar-refractivity contribution is 0.918. The van der Waals surface area contributed by atoms with Gasteiger partial charge in [-0.15, -0.1) is 10.2 Å². The molecule has 0 aliphatic carbocycles. The lowest BCUT2D eigenvalue weighted by Gasteiger charge is -2.05. The van der Waals surface area contributed by atoms with Gasteiger partial charge < -0.3 is 10.3 Å². The van der Waals surface area contributed by atoms with Crippen LogP contribution >= 0.6 is 0 Å². The Morgan fingerprint density at radius 2 is 2.14 bits per heavy atom. The summed E-state index contributed by atoms with van der Waals surface area (Å²) in [6.45, 7) is 2.01. The highest BCUT2D eigenvalue weighted by Crippen LogP contribution is 2.22. The zero-order chi connectivity index (χ0) is 10.1. The number of hydrogen-bond acceptors (Lipinski definition) is 3. The van der Waals surface area contributed by atoms with Gasteiger partial charge in [-0.1, -0.05) is 0 Å². The summed E-state index contributed by atoms with van der Waals surface area (Å²) in [4.78, 5) is 0. The molecule has 0 aliphatic rings. The van der Waals surface area contributed by atoms with Crippen molar-refractivity contribution in [3.63, 3.8) is 0 Å². The average molecular weight is 188 g/mol. The summed E-state index contributed by atoms with van der Waals surface area (Å²) in [5, 5.41) is 7.89. The van der Waals surface area contributed by atoms with Crippen LogP contribution in [0.4, 0.5) is 5.69 Å². The highest BCUT2D eigenvalue weighted by atomic mass is 15.2. The van der Waals surface area contributed by atoms with Gasteiger partial charge in [0.25, 0.3) is 0 Å². The number of aryl methyl sites for hydroxylation is 2. The number of aromatic nitrogens is 3. The number of rotatable bonds is 1. The van der Waals surface area contributed by atoms with E-state index in [-0.39, 0.29) is 0 Å². The molecule has 0 bridgehead atoms. The first-order chi connectivity index (χ1) is 6.68. The Kier molecular flexibility index (Phi) is 1.96. The normalized spacial score (nSPS) is 10.4. The summed E-state index contributed by atoms with van der Waals surface area (Å²) in [6.07, 6.45) is 1.69. The van der Waals surface area contributed by atoms with Crippen LogP contribution in [0.1, 0.15) is 5.56 Å². The molecule has 0 spiro atoms. The Hall–Kier alpha value is -1.84. The summed E-state index contributed by atoms with van der Waals surface area (Å²) >= 11 is 0. The molecule has 14 heavy (non-hydrogen) atoms. The standard InChI is InChI=1S/C10H12N4/c1-7-5-8(11)3-4-9(7)10-13-12-6-14(10)2/h3-6H,11H2,1-2H3. The zero-order valence-corrected chi connectivity index (χ0v) is 8.23. The Balaban J connectivity index is 2.58. The molecule has 0 fully saturated rings. The minimum Gasteiger partial charge on any atom is -0.399 e. The molecule has 1 heterocycles. The van der Waals surface area contributed by atoms with Crippen LogP contribution in [0.3, 0.4) is 0 Å². The summed E-state index contributed by atoms with van der Waals surface area (Å²) in [7, 11) is 1.92. The number of anilines is 1. The molecule has 2 N–H and O–H groups in total. The molecule has 0 atom stereocenters. The molecule has 2 aromatic rings. The smallest absolute Gasteiger partial charge is 0.163 e. The molecule has 4 heteroatoms.